The fourth-order valence-electron chi connectivity index (χ4n) is 2.33. The first-order chi connectivity index (χ1) is 8.61. The summed E-state index contributed by atoms with van der Waals surface area (Å²) in [6.45, 7) is 1.69. The van der Waals surface area contributed by atoms with Crippen LogP contribution in [0.5, 0.6) is 0 Å². The molecule has 0 saturated carbocycles. The van der Waals surface area contributed by atoms with Gasteiger partial charge in [0.2, 0.25) is 0 Å². The summed E-state index contributed by atoms with van der Waals surface area (Å²) in [4.78, 5) is 34.7. The van der Waals surface area contributed by atoms with Gasteiger partial charge in [0.15, 0.2) is 11.6 Å². The van der Waals surface area contributed by atoms with E-state index in [0.717, 1.165) is 0 Å². The molecule has 0 amide bonds. The Morgan fingerprint density at radius 3 is 2.17 bits per heavy atom. The molecule has 0 aromatic heterocycles. The van der Waals surface area contributed by atoms with Crippen LogP contribution in [0, 0.1) is 5.41 Å². The standard InChI is InChI=1S/C15H14O3/c1-15(9-5-2-6-10-16)13(17)11-7-3-4-8-12(11)14(15)18/h2-4,6-8,10H,5,9H2,1H3/b6-2+. The topological polar surface area (TPSA) is 51.2 Å². The lowest BCUT2D eigenvalue weighted by Crippen LogP contribution is -2.29. The second kappa shape index (κ2) is 4.69. The lowest BCUT2D eigenvalue weighted by molar-refractivity contribution is -0.104. The van der Waals surface area contributed by atoms with Gasteiger partial charge in [0, 0.05) is 11.1 Å². The van der Waals surface area contributed by atoms with Crippen molar-refractivity contribution < 1.29 is 14.4 Å². The van der Waals surface area contributed by atoms with Gasteiger partial charge in [-0.2, -0.15) is 0 Å². The molecule has 1 aromatic carbocycles. The van der Waals surface area contributed by atoms with E-state index in [4.69, 9.17) is 0 Å². The Hall–Kier alpha value is -2.03. The zero-order chi connectivity index (χ0) is 13.2. The Morgan fingerprint density at radius 2 is 1.67 bits per heavy atom. The highest BCUT2D eigenvalue weighted by atomic mass is 16.2. The molecule has 0 saturated heterocycles. The smallest absolute Gasteiger partial charge is 0.177 e. The fourth-order valence-corrected chi connectivity index (χ4v) is 2.33. The van der Waals surface area contributed by atoms with E-state index in [1.807, 2.05) is 0 Å². The lowest BCUT2D eigenvalue weighted by Gasteiger charge is -2.18. The number of fused-ring (bicyclic) bond motifs is 1. The summed E-state index contributed by atoms with van der Waals surface area (Å²) in [6, 6.07) is 6.92. The minimum atomic E-state index is -0.975. The highest BCUT2D eigenvalue weighted by Gasteiger charge is 2.48. The van der Waals surface area contributed by atoms with Gasteiger partial charge < -0.3 is 0 Å². The van der Waals surface area contributed by atoms with E-state index in [1.165, 1.54) is 6.08 Å². The van der Waals surface area contributed by atoms with Crippen LogP contribution in [0.2, 0.25) is 0 Å². The second-order valence-corrected chi connectivity index (χ2v) is 4.64. The van der Waals surface area contributed by atoms with Crippen molar-refractivity contribution >= 4 is 17.9 Å². The largest absolute Gasteiger partial charge is 0.299 e. The van der Waals surface area contributed by atoms with Gasteiger partial charge in [0.1, 0.15) is 6.29 Å². The third-order valence-corrected chi connectivity index (χ3v) is 3.44. The molecule has 3 nitrogen and oxygen atoms in total. The number of carbonyl (C=O) groups is 3. The Labute approximate surface area is 106 Å². The second-order valence-electron chi connectivity index (χ2n) is 4.64. The van der Waals surface area contributed by atoms with Gasteiger partial charge in [-0.05, 0) is 25.8 Å². The SMILES string of the molecule is CC1(CC/C=C/C=O)C(=O)c2ccccc2C1=O. The van der Waals surface area contributed by atoms with Crippen molar-refractivity contribution in [2.24, 2.45) is 5.41 Å². The molecule has 92 valence electrons. The number of allylic oxidation sites excluding steroid dienone is 2. The van der Waals surface area contributed by atoms with E-state index < -0.39 is 5.41 Å². The molecule has 2 rings (SSSR count). The molecule has 3 heteroatoms. The number of hydrogen-bond acceptors (Lipinski definition) is 3. The van der Waals surface area contributed by atoms with Crippen molar-refractivity contribution in [2.75, 3.05) is 0 Å². The summed E-state index contributed by atoms with van der Waals surface area (Å²) >= 11 is 0. The maximum absolute atomic E-state index is 12.3. The molecular weight excluding hydrogens is 228 g/mol. The lowest BCUT2D eigenvalue weighted by atomic mass is 9.80. The highest BCUT2D eigenvalue weighted by molar-refractivity contribution is 6.29. The molecule has 0 unspecified atom stereocenters. The Kier molecular flexibility index (Phi) is 3.24. The van der Waals surface area contributed by atoms with Gasteiger partial charge in [-0.1, -0.05) is 30.3 Å². The molecule has 0 heterocycles. The molecule has 0 spiro atoms. The van der Waals surface area contributed by atoms with Crippen LogP contribution in [-0.4, -0.2) is 17.9 Å². The molecule has 0 bridgehead atoms. The quantitative estimate of drug-likeness (QED) is 0.463. The summed E-state index contributed by atoms with van der Waals surface area (Å²) in [7, 11) is 0. The van der Waals surface area contributed by atoms with Crippen molar-refractivity contribution in [1.29, 1.82) is 0 Å². The summed E-state index contributed by atoms with van der Waals surface area (Å²) in [5.74, 6) is -0.217. The van der Waals surface area contributed by atoms with Gasteiger partial charge in [-0.3, -0.25) is 14.4 Å². The van der Waals surface area contributed by atoms with Crippen LogP contribution in [0.15, 0.2) is 36.4 Å². The van der Waals surface area contributed by atoms with E-state index in [1.54, 1.807) is 37.3 Å². The number of ketones is 2. The van der Waals surface area contributed by atoms with Gasteiger partial charge in [0.25, 0.3) is 0 Å². The van der Waals surface area contributed by atoms with Crippen molar-refractivity contribution in [3.63, 3.8) is 0 Å². The molecule has 1 aliphatic carbocycles. The number of rotatable bonds is 4. The van der Waals surface area contributed by atoms with Crippen LogP contribution in [0.25, 0.3) is 0 Å². The van der Waals surface area contributed by atoms with E-state index in [2.05, 4.69) is 0 Å². The van der Waals surface area contributed by atoms with E-state index in [0.29, 0.717) is 30.3 Å². The molecule has 18 heavy (non-hydrogen) atoms. The normalized spacial score (nSPS) is 17.2. The van der Waals surface area contributed by atoms with Crippen molar-refractivity contribution in [1.82, 2.24) is 0 Å². The van der Waals surface area contributed by atoms with E-state index in [-0.39, 0.29) is 11.6 Å². The van der Waals surface area contributed by atoms with Crippen LogP contribution in [0.4, 0.5) is 0 Å². The predicted octanol–water partition coefficient (Wildman–Crippen LogP) is 2.61. The van der Waals surface area contributed by atoms with Crippen LogP contribution < -0.4 is 0 Å². The predicted molar refractivity (Wildman–Crippen MR) is 67.6 cm³/mol. The molecule has 0 aliphatic heterocycles. The summed E-state index contributed by atoms with van der Waals surface area (Å²) in [6.07, 6.45) is 4.74. The van der Waals surface area contributed by atoms with E-state index >= 15 is 0 Å². The van der Waals surface area contributed by atoms with Crippen LogP contribution in [0.3, 0.4) is 0 Å². The minimum absolute atomic E-state index is 0.109. The highest BCUT2D eigenvalue weighted by Crippen LogP contribution is 2.39. The fraction of sp³-hybridized carbons (Fsp3) is 0.267. The Balaban J connectivity index is 2.26. The monoisotopic (exact) mass is 242 g/mol. The summed E-state index contributed by atoms with van der Waals surface area (Å²) < 4.78 is 0. The average molecular weight is 242 g/mol. The minimum Gasteiger partial charge on any atom is -0.299 e. The third kappa shape index (κ3) is 1.82. The Bertz CT molecular complexity index is 505. The van der Waals surface area contributed by atoms with Crippen LogP contribution in [-0.2, 0) is 4.79 Å². The molecule has 1 aliphatic rings. The molecule has 1 aromatic rings. The zero-order valence-electron chi connectivity index (χ0n) is 10.2. The van der Waals surface area contributed by atoms with Gasteiger partial charge >= 0.3 is 0 Å². The van der Waals surface area contributed by atoms with Gasteiger partial charge in [0.05, 0.1) is 5.41 Å². The Morgan fingerprint density at radius 1 is 1.11 bits per heavy atom. The maximum Gasteiger partial charge on any atom is 0.177 e. The van der Waals surface area contributed by atoms with Crippen molar-refractivity contribution in [3.05, 3.63) is 47.5 Å². The van der Waals surface area contributed by atoms with Crippen molar-refractivity contribution in [3.8, 4) is 0 Å². The molecule has 0 radical (unpaired) electrons. The molecule has 0 atom stereocenters. The van der Waals surface area contributed by atoms with Gasteiger partial charge in [-0.15, -0.1) is 0 Å². The first-order valence-electron chi connectivity index (χ1n) is 5.90. The van der Waals surface area contributed by atoms with E-state index in [9.17, 15) is 14.4 Å². The number of carbonyl (C=O) groups excluding carboxylic acids is 3. The zero-order valence-corrected chi connectivity index (χ0v) is 10.2. The number of benzene rings is 1. The van der Waals surface area contributed by atoms with Gasteiger partial charge in [-0.25, -0.2) is 0 Å². The van der Waals surface area contributed by atoms with Crippen molar-refractivity contribution in [2.45, 2.75) is 19.8 Å². The number of aldehydes is 1. The molecular formula is C15H14O3. The molecule has 0 fully saturated rings. The maximum atomic E-state index is 12.3. The average Bonchev–Trinajstić information content (AvgIpc) is 2.59. The summed E-state index contributed by atoms with van der Waals surface area (Å²) in [5.41, 5.74) is 0.0606. The van der Waals surface area contributed by atoms with Crippen LogP contribution >= 0.6 is 0 Å². The van der Waals surface area contributed by atoms with Crippen LogP contribution in [0.1, 0.15) is 40.5 Å². The number of Topliss-reactive ketones (excluding diaryl/α,β-unsaturated/α-hetero) is 2. The summed E-state index contributed by atoms with van der Waals surface area (Å²) in [5, 5.41) is 0. The first-order valence-corrected chi connectivity index (χ1v) is 5.90. The first kappa shape index (κ1) is 12.4. The third-order valence-electron chi connectivity index (χ3n) is 3.44. The number of hydrogen-bond donors (Lipinski definition) is 0. The molecule has 0 N–H and O–H groups in total.